The predicted octanol–water partition coefficient (Wildman–Crippen LogP) is 4.89. The van der Waals surface area contributed by atoms with Crippen LogP contribution < -0.4 is 10.0 Å². The van der Waals surface area contributed by atoms with Gasteiger partial charge in [0.2, 0.25) is 0 Å². The minimum Gasteiger partial charge on any atom is -0.321 e. The third-order valence-electron chi connectivity index (χ3n) is 4.51. The van der Waals surface area contributed by atoms with Crippen molar-refractivity contribution < 1.29 is 13.2 Å². The maximum Gasteiger partial charge on any atom is 0.261 e. The fourth-order valence-corrected chi connectivity index (χ4v) is 4.20. The molecule has 1 amide bonds. The van der Waals surface area contributed by atoms with Gasteiger partial charge < -0.3 is 5.32 Å². The van der Waals surface area contributed by atoms with Gasteiger partial charge in [0.25, 0.3) is 15.9 Å². The highest BCUT2D eigenvalue weighted by molar-refractivity contribution is 7.92. The van der Waals surface area contributed by atoms with Gasteiger partial charge >= 0.3 is 0 Å². The zero-order valence-corrected chi connectivity index (χ0v) is 16.2. The first kappa shape index (κ1) is 18.7. The largest absolute Gasteiger partial charge is 0.321 e. The van der Waals surface area contributed by atoms with Crippen molar-refractivity contribution in [3.05, 3.63) is 103 Å². The molecule has 4 aromatic carbocycles. The molecule has 0 aliphatic heterocycles. The fraction of sp³-hybridized carbons (Fsp3) is 0. The summed E-state index contributed by atoms with van der Waals surface area (Å²) in [6.45, 7) is 0. The number of amides is 1. The van der Waals surface area contributed by atoms with Crippen LogP contribution in [0.5, 0.6) is 0 Å². The average molecular weight is 402 g/mol. The molecule has 0 unspecified atom stereocenters. The van der Waals surface area contributed by atoms with Crippen molar-refractivity contribution in [1.29, 1.82) is 0 Å². The minimum atomic E-state index is -3.81. The van der Waals surface area contributed by atoms with Crippen molar-refractivity contribution in [3.63, 3.8) is 0 Å². The van der Waals surface area contributed by atoms with Gasteiger partial charge in [-0.2, -0.15) is 0 Å². The van der Waals surface area contributed by atoms with Crippen LogP contribution in [-0.2, 0) is 10.0 Å². The highest BCUT2D eigenvalue weighted by Crippen LogP contribution is 2.25. The van der Waals surface area contributed by atoms with Crippen LogP contribution in [0.4, 0.5) is 11.4 Å². The van der Waals surface area contributed by atoms with Crippen LogP contribution in [0, 0.1) is 0 Å². The number of para-hydroxylation sites is 1. The number of rotatable bonds is 5. The van der Waals surface area contributed by atoms with Gasteiger partial charge in [0, 0.05) is 11.1 Å². The zero-order valence-electron chi connectivity index (χ0n) is 15.4. The number of nitrogens with one attached hydrogen (secondary N) is 2. The van der Waals surface area contributed by atoms with Crippen LogP contribution in [-0.4, -0.2) is 14.3 Å². The third kappa shape index (κ3) is 3.97. The lowest BCUT2D eigenvalue weighted by molar-refractivity contribution is 0.102. The Bertz CT molecular complexity index is 1280. The molecule has 0 aliphatic rings. The lowest BCUT2D eigenvalue weighted by atomic mass is 10.1. The van der Waals surface area contributed by atoms with E-state index in [2.05, 4.69) is 10.0 Å². The highest BCUT2D eigenvalue weighted by Gasteiger charge is 2.18. The summed E-state index contributed by atoms with van der Waals surface area (Å²) in [7, 11) is -3.81. The Morgan fingerprint density at radius 2 is 1.28 bits per heavy atom. The van der Waals surface area contributed by atoms with Gasteiger partial charge in [-0.1, -0.05) is 66.7 Å². The molecule has 6 heteroatoms. The molecule has 0 atom stereocenters. The molecule has 144 valence electrons. The Labute approximate surface area is 169 Å². The maximum atomic E-state index is 13.0. The van der Waals surface area contributed by atoms with Crippen LogP contribution in [0.2, 0.25) is 0 Å². The van der Waals surface area contributed by atoms with Crippen molar-refractivity contribution in [2.45, 2.75) is 4.90 Å². The van der Waals surface area contributed by atoms with Crippen molar-refractivity contribution >= 4 is 38.1 Å². The van der Waals surface area contributed by atoms with Crippen LogP contribution in [0.1, 0.15) is 10.4 Å². The predicted molar refractivity (Wildman–Crippen MR) is 116 cm³/mol. The summed E-state index contributed by atoms with van der Waals surface area (Å²) in [6, 6.07) is 27.9. The van der Waals surface area contributed by atoms with Crippen LogP contribution in [0.15, 0.2) is 102 Å². The fourth-order valence-electron chi connectivity index (χ4n) is 3.10. The molecule has 29 heavy (non-hydrogen) atoms. The van der Waals surface area contributed by atoms with Gasteiger partial charge in [0.1, 0.15) is 0 Å². The van der Waals surface area contributed by atoms with E-state index in [1.54, 1.807) is 42.5 Å². The van der Waals surface area contributed by atoms with Gasteiger partial charge in [0.15, 0.2) is 0 Å². The third-order valence-corrected chi connectivity index (χ3v) is 5.89. The van der Waals surface area contributed by atoms with Gasteiger partial charge in [-0.15, -0.1) is 0 Å². The number of carbonyl (C=O) groups excluding carboxylic acids is 1. The summed E-state index contributed by atoms with van der Waals surface area (Å²) < 4.78 is 27.9. The first-order valence-electron chi connectivity index (χ1n) is 9.01. The standard InChI is InChI=1S/C23H18N2O3S/c26-23(24-21-16-8-10-17-9-4-5-13-19(17)21)20-14-6-7-15-22(20)25-29(27,28)18-11-2-1-3-12-18/h1-16,25H,(H,24,26). The van der Waals surface area contributed by atoms with Gasteiger partial charge in [0.05, 0.1) is 16.1 Å². The van der Waals surface area contributed by atoms with Crippen LogP contribution >= 0.6 is 0 Å². The second-order valence-corrected chi connectivity index (χ2v) is 8.13. The molecular formula is C23H18N2O3S. The van der Waals surface area contributed by atoms with Crippen molar-refractivity contribution in [2.75, 3.05) is 10.0 Å². The van der Waals surface area contributed by atoms with Gasteiger partial charge in [-0.05, 0) is 35.7 Å². The molecule has 0 spiro atoms. The minimum absolute atomic E-state index is 0.129. The molecule has 4 aromatic rings. The SMILES string of the molecule is O=C(Nc1cccc2ccccc12)c1ccccc1NS(=O)(=O)c1ccccc1. The van der Waals surface area contributed by atoms with E-state index in [0.29, 0.717) is 5.69 Å². The summed E-state index contributed by atoms with van der Waals surface area (Å²) in [5, 5.41) is 4.80. The van der Waals surface area contributed by atoms with E-state index in [4.69, 9.17) is 0 Å². The molecule has 0 saturated heterocycles. The molecule has 5 nitrogen and oxygen atoms in total. The summed E-state index contributed by atoms with van der Waals surface area (Å²) in [4.78, 5) is 13.1. The molecule has 4 rings (SSSR count). The summed E-state index contributed by atoms with van der Waals surface area (Å²) in [5.41, 5.74) is 1.11. The molecule has 0 aromatic heterocycles. The Morgan fingerprint density at radius 1 is 0.655 bits per heavy atom. The Kier molecular flexibility index (Phi) is 5.01. The van der Waals surface area contributed by atoms with E-state index in [0.717, 1.165) is 10.8 Å². The Hall–Kier alpha value is -3.64. The monoisotopic (exact) mass is 402 g/mol. The van der Waals surface area contributed by atoms with E-state index in [1.165, 1.54) is 12.1 Å². The zero-order chi connectivity index (χ0) is 20.3. The number of benzene rings is 4. The number of fused-ring (bicyclic) bond motifs is 1. The first-order chi connectivity index (χ1) is 14.0. The Morgan fingerprint density at radius 3 is 2.10 bits per heavy atom. The van der Waals surface area contributed by atoms with E-state index >= 15 is 0 Å². The van der Waals surface area contributed by atoms with Crippen LogP contribution in [0.25, 0.3) is 10.8 Å². The van der Waals surface area contributed by atoms with Crippen molar-refractivity contribution in [3.8, 4) is 0 Å². The number of hydrogen-bond acceptors (Lipinski definition) is 3. The lowest BCUT2D eigenvalue weighted by Crippen LogP contribution is -2.18. The normalized spacial score (nSPS) is 11.2. The van der Waals surface area contributed by atoms with E-state index in [1.807, 2.05) is 42.5 Å². The lowest BCUT2D eigenvalue weighted by Gasteiger charge is -2.14. The van der Waals surface area contributed by atoms with Crippen molar-refractivity contribution in [2.24, 2.45) is 0 Å². The number of carbonyl (C=O) groups is 1. The second kappa shape index (κ2) is 7.77. The molecule has 0 heterocycles. The first-order valence-corrected chi connectivity index (χ1v) is 10.5. The Balaban J connectivity index is 1.65. The van der Waals surface area contributed by atoms with Gasteiger partial charge in [-0.25, -0.2) is 8.42 Å². The number of anilines is 2. The van der Waals surface area contributed by atoms with Crippen LogP contribution in [0.3, 0.4) is 0 Å². The quantitative estimate of drug-likeness (QED) is 0.499. The molecule has 0 radical (unpaired) electrons. The average Bonchev–Trinajstić information content (AvgIpc) is 2.75. The van der Waals surface area contributed by atoms with Crippen molar-refractivity contribution in [1.82, 2.24) is 0 Å². The van der Waals surface area contributed by atoms with Gasteiger partial charge in [-0.3, -0.25) is 9.52 Å². The highest BCUT2D eigenvalue weighted by atomic mass is 32.2. The number of hydrogen-bond donors (Lipinski definition) is 2. The number of sulfonamides is 1. The summed E-state index contributed by atoms with van der Waals surface area (Å²) >= 11 is 0. The molecule has 0 saturated carbocycles. The maximum absolute atomic E-state index is 13.0. The molecule has 0 aliphatic carbocycles. The molecular weight excluding hydrogens is 384 g/mol. The van der Waals surface area contributed by atoms with E-state index in [9.17, 15) is 13.2 Å². The molecule has 0 fully saturated rings. The van der Waals surface area contributed by atoms with E-state index < -0.39 is 15.9 Å². The summed E-state index contributed by atoms with van der Waals surface area (Å²) in [5.74, 6) is -0.396. The molecule has 0 bridgehead atoms. The topological polar surface area (TPSA) is 75.3 Å². The summed E-state index contributed by atoms with van der Waals surface area (Å²) in [6.07, 6.45) is 0. The van der Waals surface area contributed by atoms with E-state index in [-0.39, 0.29) is 16.1 Å². The smallest absolute Gasteiger partial charge is 0.261 e. The molecule has 2 N–H and O–H groups in total. The second-order valence-electron chi connectivity index (χ2n) is 6.44.